The van der Waals surface area contributed by atoms with Crippen molar-refractivity contribution >= 4 is 11.9 Å². The quantitative estimate of drug-likeness (QED) is 0.692. The van der Waals surface area contributed by atoms with Gasteiger partial charge in [-0.05, 0) is 5.92 Å². The summed E-state index contributed by atoms with van der Waals surface area (Å²) in [5.41, 5.74) is 0. The van der Waals surface area contributed by atoms with Gasteiger partial charge < -0.3 is 10.0 Å². The van der Waals surface area contributed by atoms with Gasteiger partial charge in [0.1, 0.15) is 0 Å². The maximum atomic E-state index is 11.6. The Morgan fingerprint density at radius 1 is 1.53 bits per heavy atom. The maximum absolute atomic E-state index is 11.6. The van der Waals surface area contributed by atoms with Crippen LogP contribution in [0.5, 0.6) is 0 Å². The second-order valence-corrected chi connectivity index (χ2v) is 3.92. The van der Waals surface area contributed by atoms with Crippen molar-refractivity contribution in [2.45, 2.75) is 19.8 Å². The van der Waals surface area contributed by atoms with Crippen molar-refractivity contribution in [3.63, 3.8) is 0 Å². The molecule has 1 heterocycles. The highest BCUT2D eigenvalue weighted by atomic mass is 16.4. The van der Waals surface area contributed by atoms with Crippen molar-refractivity contribution in [2.24, 2.45) is 11.8 Å². The molecule has 0 bridgehead atoms. The number of likely N-dealkylation sites (tertiary alicyclic amines) is 1. The minimum absolute atomic E-state index is 0.0253. The molecular formula is C11H15NO3. The van der Waals surface area contributed by atoms with Gasteiger partial charge in [-0.2, -0.15) is 0 Å². The van der Waals surface area contributed by atoms with Crippen LogP contribution in [0.3, 0.4) is 0 Å². The van der Waals surface area contributed by atoms with Crippen LogP contribution in [0.4, 0.5) is 0 Å². The highest BCUT2D eigenvalue weighted by molar-refractivity contribution is 5.79. The minimum atomic E-state index is -0.824. The monoisotopic (exact) mass is 209 g/mol. The molecule has 1 fully saturated rings. The van der Waals surface area contributed by atoms with Gasteiger partial charge in [-0.1, -0.05) is 6.92 Å². The van der Waals surface area contributed by atoms with Crippen LogP contribution in [0.25, 0.3) is 0 Å². The van der Waals surface area contributed by atoms with Crippen molar-refractivity contribution in [3.8, 4) is 12.3 Å². The fourth-order valence-corrected chi connectivity index (χ4v) is 1.83. The first-order valence-corrected chi connectivity index (χ1v) is 5.00. The fourth-order valence-electron chi connectivity index (χ4n) is 1.83. The van der Waals surface area contributed by atoms with E-state index in [2.05, 4.69) is 5.92 Å². The molecular weight excluding hydrogens is 194 g/mol. The average Bonchev–Trinajstić information content (AvgIpc) is 2.56. The van der Waals surface area contributed by atoms with Crippen LogP contribution >= 0.6 is 0 Å². The van der Waals surface area contributed by atoms with Crippen LogP contribution in [0.2, 0.25) is 0 Å². The Labute approximate surface area is 89.3 Å². The maximum Gasteiger partial charge on any atom is 0.308 e. The van der Waals surface area contributed by atoms with Gasteiger partial charge in [0.2, 0.25) is 5.91 Å². The van der Waals surface area contributed by atoms with E-state index >= 15 is 0 Å². The number of carbonyl (C=O) groups is 2. The first kappa shape index (κ1) is 11.6. The van der Waals surface area contributed by atoms with Crippen molar-refractivity contribution in [1.82, 2.24) is 4.90 Å². The molecule has 82 valence electrons. The second-order valence-electron chi connectivity index (χ2n) is 3.92. The number of terminal acetylenes is 1. The second kappa shape index (κ2) is 4.83. The van der Waals surface area contributed by atoms with Crippen LogP contribution in [0.15, 0.2) is 0 Å². The Hall–Kier alpha value is -1.50. The lowest BCUT2D eigenvalue weighted by atomic mass is 9.99. The Morgan fingerprint density at radius 2 is 2.20 bits per heavy atom. The lowest BCUT2D eigenvalue weighted by Gasteiger charge is -2.14. The average molecular weight is 209 g/mol. The van der Waals surface area contributed by atoms with E-state index in [1.165, 1.54) is 0 Å². The van der Waals surface area contributed by atoms with E-state index in [4.69, 9.17) is 11.5 Å². The largest absolute Gasteiger partial charge is 0.481 e. The summed E-state index contributed by atoms with van der Waals surface area (Å²) in [7, 11) is 0. The van der Waals surface area contributed by atoms with E-state index in [1.807, 2.05) is 6.92 Å². The molecule has 1 N–H and O–H groups in total. The number of nitrogens with zero attached hydrogens (tertiary/aromatic N) is 1. The Kier molecular flexibility index (Phi) is 3.73. The summed E-state index contributed by atoms with van der Waals surface area (Å²) in [4.78, 5) is 24.0. The number of rotatable bonds is 3. The molecule has 1 aliphatic heterocycles. The molecule has 0 aromatic rings. The number of hydrogen-bond acceptors (Lipinski definition) is 2. The summed E-state index contributed by atoms with van der Waals surface area (Å²) in [6.45, 7) is 2.70. The summed E-state index contributed by atoms with van der Waals surface area (Å²) in [5, 5.41) is 8.89. The zero-order chi connectivity index (χ0) is 11.4. The van der Waals surface area contributed by atoms with Crippen LogP contribution in [-0.2, 0) is 9.59 Å². The minimum Gasteiger partial charge on any atom is -0.481 e. The molecule has 0 aromatic heterocycles. The molecule has 0 spiro atoms. The number of amides is 1. The molecule has 1 saturated heterocycles. The molecule has 1 amide bonds. The van der Waals surface area contributed by atoms with Gasteiger partial charge in [-0.25, -0.2) is 0 Å². The number of aliphatic carboxylic acids is 1. The van der Waals surface area contributed by atoms with Crippen LogP contribution in [0.1, 0.15) is 19.8 Å². The molecule has 15 heavy (non-hydrogen) atoms. The molecule has 4 heteroatoms. The van der Waals surface area contributed by atoms with E-state index < -0.39 is 11.9 Å². The zero-order valence-corrected chi connectivity index (χ0v) is 8.77. The zero-order valence-electron chi connectivity index (χ0n) is 8.77. The first-order valence-electron chi connectivity index (χ1n) is 5.00. The summed E-state index contributed by atoms with van der Waals surface area (Å²) in [6, 6.07) is 0. The SMILES string of the molecule is C#CCCC(=O)N1C[C@@H](C)[C@H](C(=O)O)C1. The summed E-state index contributed by atoms with van der Waals surface area (Å²) >= 11 is 0. The highest BCUT2D eigenvalue weighted by Gasteiger charge is 2.36. The molecule has 2 atom stereocenters. The Morgan fingerprint density at radius 3 is 2.67 bits per heavy atom. The highest BCUT2D eigenvalue weighted by Crippen LogP contribution is 2.23. The van der Waals surface area contributed by atoms with Crippen LogP contribution in [0, 0.1) is 24.2 Å². The van der Waals surface area contributed by atoms with Crippen molar-refractivity contribution in [1.29, 1.82) is 0 Å². The van der Waals surface area contributed by atoms with E-state index in [1.54, 1.807) is 4.90 Å². The molecule has 1 aliphatic rings. The molecule has 0 aromatic carbocycles. The summed E-state index contributed by atoms with van der Waals surface area (Å²) in [5.74, 6) is 1.14. The van der Waals surface area contributed by atoms with E-state index in [0.717, 1.165) is 0 Å². The Bertz CT molecular complexity index is 305. The predicted octanol–water partition coefficient (Wildman–Crippen LogP) is 0.579. The summed E-state index contributed by atoms with van der Waals surface area (Å²) in [6.07, 6.45) is 5.80. The third kappa shape index (κ3) is 2.72. The van der Waals surface area contributed by atoms with Gasteiger partial charge in [0.15, 0.2) is 0 Å². The topological polar surface area (TPSA) is 57.6 Å². The van der Waals surface area contributed by atoms with Gasteiger partial charge in [-0.15, -0.1) is 12.3 Å². The number of carboxylic acids is 1. The van der Waals surface area contributed by atoms with Gasteiger partial charge in [0, 0.05) is 25.9 Å². The number of carboxylic acid groups (broad SMARTS) is 1. The van der Waals surface area contributed by atoms with Crippen LogP contribution in [-0.4, -0.2) is 35.0 Å². The van der Waals surface area contributed by atoms with E-state index in [-0.39, 0.29) is 11.8 Å². The standard InChI is InChI=1S/C11H15NO3/c1-3-4-5-10(13)12-6-8(2)9(7-12)11(14)15/h1,8-9H,4-7H2,2H3,(H,14,15)/t8-,9-/m1/s1. The van der Waals surface area contributed by atoms with Crippen LogP contribution < -0.4 is 0 Å². The number of carbonyl (C=O) groups excluding carboxylic acids is 1. The van der Waals surface area contributed by atoms with Gasteiger partial charge >= 0.3 is 5.97 Å². The third-order valence-electron chi connectivity index (χ3n) is 2.77. The van der Waals surface area contributed by atoms with E-state index in [0.29, 0.717) is 25.9 Å². The molecule has 0 radical (unpaired) electrons. The molecule has 4 nitrogen and oxygen atoms in total. The smallest absolute Gasteiger partial charge is 0.308 e. The lowest BCUT2D eigenvalue weighted by molar-refractivity contribution is -0.142. The first-order chi connectivity index (χ1) is 7.06. The molecule has 0 saturated carbocycles. The van der Waals surface area contributed by atoms with E-state index in [9.17, 15) is 9.59 Å². The summed E-state index contributed by atoms with van der Waals surface area (Å²) < 4.78 is 0. The fraction of sp³-hybridized carbons (Fsp3) is 0.636. The molecule has 0 aliphatic carbocycles. The number of hydrogen-bond donors (Lipinski definition) is 1. The molecule has 0 unspecified atom stereocenters. The lowest BCUT2D eigenvalue weighted by Crippen LogP contribution is -2.29. The van der Waals surface area contributed by atoms with Crippen molar-refractivity contribution in [3.05, 3.63) is 0 Å². The molecule has 1 rings (SSSR count). The van der Waals surface area contributed by atoms with Crippen molar-refractivity contribution in [2.75, 3.05) is 13.1 Å². The van der Waals surface area contributed by atoms with Gasteiger partial charge in [-0.3, -0.25) is 9.59 Å². The van der Waals surface area contributed by atoms with Gasteiger partial charge in [0.05, 0.1) is 5.92 Å². The predicted molar refractivity (Wildman–Crippen MR) is 54.9 cm³/mol. The third-order valence-corrected chi connectivity index (χ3v) is 2.77. The van der Waals surface area contributed by atoms with Gasteiger partial charge in [0.25, 0.3) is 0 Å². The normalized spacial score (nSPS) is 24.9. The Balaban J connectivity index is 2.51. The van der Waals surface area contributed by atoms with Crippen molar-refractivity contribution < 1.29 is 14.7 Å².